The van der Waals surface area contributed by atoms with Crippen LogP contribution in [0.4, 0.5) is 5.69 Å². The number of aryl methyl sites for hydroxylation is 2. The van der Waals surface area contributed by atoms with Crippen LogP contribution in [0.5, 0.6) is 0 Å². The van der Waals surface area contributed by atoms with Gasteiger partial charge >= 0.3 is 0 Å². The van der Waals surface area contributed by atoms with Gasteiger partial charge in [-0.15, -0.1) is 0 Å². The van der Waals surface area contributed by atoms with Crippen molar-refractivity contribution in [2.75, 3.05) is 5.32 Å². The van der Waals surface area contributed by atoms with Crippen LogP contribution < -0.4 is 5.32 Å². The second kappa shape index (κ2) is 8.76. The summed E-state index contributed by atoms with van der Waals surface area (Å²) in [6.07, 6.45) is 8.22. The molecule has 1 aromatic carbocycles. The molecule has 3 aromatic heterocycles. The number of carbonyl (C=O) groups excluding carboxylic acids is 1. The average Bonchev–Trinajstić information content (AvgIpc) is 3.81. The van der Waals surface area contributed by atoms with E-state index in [0.29, 0.717) is 29.4 Å². The first-order valence-corrected chi connectivity index (χ1v) is 12.3. The summed E-state index contributed by atoms with van der Waals surface area (Å²) in [6, 6.07) is 11.8. The number of nitrogens with zero attached hydrogens (tertiary/aromatic N) is 4. The highest BCUT2D eigenvalue weighted by molar-refractivity contribution is 5.96. The lowest BCUT2D eigenvalue weighted by Crippen LogP contribution is -2.31. The largest absolute Gasteiger partial charge is 0.325 e. The lowest BCUT2D eigenvalue weighted by Gasteiger charge is -2.24. The SMILES string of the molecule is Cc1n[nH]c(C)c1-c1ccc(NC(=O)C(c2nc(-c3cccnc3)n[nH]2)C(C2CC2)C2CC2)cc1. The number of hydrogen-bond donors (Lipinski definition) is 3. The Balaban J connectivity index is 1.28. The number of carbonyl (C=O) groups is 1. The van der Waals surface area contributed by atoms with Crippen molar-refractivity contribution < 1.29 is 4.79 Å². The van der Waals surface area contributed by atoms with Gasteiger partial charge in [0, 0.05) is 34.9 Å². The summed E-state index contributed by atoms with van der Waals surface area (Å²) in [6.45, 7) is 4.01. The van der Waals surface area contributed by atoms with Crippen LogP contribution in [0.3, 0.4) is 0 Å². The number of benzene rings is 1. The third-order valence-electron chi connectivity index (χ3n) is 7.29. The monoisotopic (exact) mass is 467 g/mol. The fourth-order valence-corrected chi connectivity index (χ4v) is 5.33. The van der Waals surface area contributed by atoms with Crippen molar-refractivity contribution in [3.05, 3.63) is 66.0 Å². The van der Waals surface area contributed by atoms with E-state index in [1.165, 1.54) is 25.7 Å². The minimum Gasteiger partial charge on any atom is -0.325 e. The zero-order valence-corrected chi connectivity index (χ0v) is 20.0. The molecule has 6 rings (SSSR count). The summed E-state index contributed by atoms with van der Waals surface area (Å²) < 4.78 is 0. The van der Waals surface area contributed by atoms with E-state index in [4.69, 9.17) is 4.98 Å². The minimum atomic E-state index is -0.356. The molecule has 0 spiro atoms. The molecule has 3 N–H and O–H groups in total. The highest BCUT2D eigenvalue weighted by Gasteiger charge is 2.49. The van der Waals surface area contributed by atoms with Gasteiger partial charge in [0.25, 0.3) is 0 Å². The Morgan fingerprint density at radius 2 is 1.71 bits per heavy atom. The van der Waals surface area contributed by atoms with E-state index >= 15 is 0 Å². The number of pyridine rings is 1. The summed E-state index contributed by atoms with van der Waals surface area (Å²) in [5.41, 5.74) is 5.79. The molecule has 1 unspecified atom stereocenters. The molecule has 2 saturated carbocycles. The quantitative estimate of drug-likeness (QED) is 0.336. The number of nitrogens with one attached hydrogen (secondary N) is 3. The standard InChI is InChI=1S/C27H29N7O/c1-15-22(16(2)32-31-15)17-9-11-21(12-10-17)29-27(35)24(23(18-5-6-18)19-7-8-19)26-30-25(33-34-26)20-4-3-13-28-14-20/h3-4,9-14,18-19,23-24H,5-8H2,1-2H3,(H,29,35)(H,31,32)(H,30,33,34). The Kier molecular flexibility index (Phi) is 5.43. The molecule has 178 valence electrons. The fourth-order valence-electron chi connectivity index (χ4n) is 5.33. The fraction of sp³-hybridized carbons (Fsp3) is 0.370. The number of amides is 1. The molecule has 0 aliphatic heterocycles. The molecule has 2 aliphatic carbocycles. The highest BCUT2D eigenvalue weighted by Crippen LogP contribution is 2.54. The van der Waals surface area contributed by atoms with Crippen LogP contribution in [0.1, 0.15) is 48.8 Å². The minimum absolute atomic E-state index is 0.0221. The van der Waals surface area contributed by atoms with Gasteiger partial charge in [0.2, 0.25) is 5.91 Å². The molecule has 2 fully saturated rings. The zero-order valence-electron chi connectivity index (χ0n) is 20.0. The number of rotatable bonds is 8. The first-order chi connectivity index (χ1) is 17.1. The van der Waals surface area contributed by atoms with Crippen molar-refractivity contribution in [2.45, 2.75) is 45.4 Å². The Labute approximate surface area is 204 Å². The molecule has 0 radical (unpaired) electrons. The van der Waals surface area contributed by atoms with Crippen LogP contribution in [0.15, 0.2) is 48.8 Å². The second-order valence-corrected chi connectivity index (χ2v) is 9.89. The Morgan fingerprint density at radius 1 is 0.971 bits per heavy atom. The number of H-pyrrole nitrogens is 2. The van der Waals surface area contributed by atoms with Gasteiger partial charge in [-0.2, -0.15) is 10.2 Å². The smallest absolute Gasteiger partial charge is 0.235 e. The van der Waals surface area contributed by atoms with E-state index in [9.17, 15) is 4.79 Å². The van der Waals surface area contributed by atoms with Crippen molar-refractivity contribution in [3.63, 3.8) is 0 Å². The molecule has 0 bridgehead atoms. The van der Waals surface area contributed by atoms with Gasteiger partial charge < -0.3 is 5.32 Å². The van der Waals surface area contributed by atoms with E-state index in [-0.39, 0.29) is 11.8 Å². The molecule has 2 aliphatic rings. The van der Waals surface area contributed by atoms with Gasteiger partial charge in [0.05, 0.1) is 5.69 Å². The van der Waals surface area contributed by atoms with Crippen molar-refractivity contribution >= 4 is 11.6 Å². The third-order valence-corrected chi connectivity index (χ3v) is 7.29. The maximum absolute atomic E-state index is 13.8. The van der Waals surface area contributed by atoms with E-state index in [1.54, 1.807) is 12.4 Å². The van der Waals surface area contributed by atoms with Crippen molar-refractivity contribution in [1.29, 1.82) is 0 Å². The lowest BCUT2D eigenvalue weighted by molar-refractivity contribution is -0.119. The number of aromatic amines is 2. The van der Waals surface area contributed by atoms with Crippen LogP contribution >= 0.6 is 0 Å². The Morgan fingerprint density at radius 3 is 2.31 bits per heavy atom. The predicted molar refractivity (Wildman–Crippen MR) is 133 cm³/mol. The van der Waals surface area contributed by atoms with Gasteiger partial charge in [-0.1, -0.05) is 12.1 Å². The first kappa shape index (κ1) is 21.7. The van der Waals surface area contributed by atoms with E-state index in [2.05, 4.69) is 30.7 Å². The van der Waals surface area contributed by atoms with Crippen molar-refractivity contribution in [3.8, 4) is 22.5 Å². The highest BCUT2D eigenvalue weighted by atomic mass is 16.2. The van der Waals surface area contributed by atoms with Crippen molar-refractivity contribution in [2.24, 2.45) is 17.8 Å². The van der Waals surface area contributed by atoms with Crippen LogP contribution in [0.2, 0.25) is 0 Å². The van der Waals surface area contributed by atoms with Crippen LogP contribution in [0.25, 0.3) is 22.5 Å². The van der Waals surface area contributed by atoms with E-state index in [1.807, 2.05) is 50.2 Å². The molecule has 3 heterocycles. The van der Waals surface area contributed by atoms with Crippen LogP contribution in [0, 0.1) is 31.6 Å². The van der Waals surface area contributed by atoms with Gasteiger partial charge in [-0.3, -0.25) is 20.0 Å². The van der Waals surface area contributed by atoms with E-state index in [0.717, 1.165) is 33.8 Å². The molecule has 1 atom stereocenters. The van der Waals surface area contributed by atoms with Crippen LogP contribution in [-0.2, 0) is 4.79 Å². The number of aromatic nitrogens is 6. The number of anilines is 1. The first-order valence-electron chi connectivity index (χ1n) is 12.3. The average molecular weight is 468 g/mol. The van der Waals surface area contributed by atoms with Gasteiger partial charge in [0.15, 0.2) is 5.82 Å². The summed E-state index contributed by atoms with van der Waals surface area (Å²) >= 11 is 0. The molecule has 35 heavy (non-hydrogen) atoms. The Bertz CT molecular complexity index is 1300. The molecule has 8 nitrogen and oxygen atoms in total. The Hall–Kier alpha value is -3.81. The summed E-state index contributed by atoms with van der Waals surface area (Å²) in [5.74, 6) is 2.30. The zero-order chi connectivity index (χ0) is 23.9. The maximum atomic E-state index is 13.8. The van der Waals surface area contributed by atoms with Gasteiger partial charge in [-0.05, 0) is 87.1 Å². The molecule has 0 saturated heterocycles. The second-order valence-electron chi connectivity index (χ2n) is 9.89. The third kappa shape index (κ3) is 4.36. The lowest BCUT2D eigenvalue weighted by atomic mass is 9.82. The van der Waals surface area contributed by atoms with Gasteiger partial charge in [-0.25, -0.2) is 4.98 Å². The topological polar surface area (TPSA) is 112 Å². The molecular weight excluding hydrogens is 438 g/mol. The molecular formula is C27H29N7O. The molecule has 4 aromatic rings. The molecule has 8 heteroatoms. The van der Waals surface area contributed by atoms with Crippen molar-refractivity contribution in [1.82, 2.24) is 30.4 Å². The summed E-state index contributed by atoms with van der Waals surface area (Å²) in [7, 11) is 0. The maximum Gasteiger partial charge on any atom is 0.235 e. The van der Waals surface area contributed by atoms with Crippen LogP contribution in [-0.4, -0.2) is 36.3 Å². The summed E-state index contributed by atoms with van der Waals surface area (Å²) in [5, 5.41) is 18.0. The van der Waals surface area contributed by atoms with E-state index < -0.39 is 0 Å². The van der Waals surface area contributed by atoms with Gasteiger partial charge in [0.1, 0.15) is 11.7 Å². The predicted octanol–water partition coefficient (Wildman–Crippen LogP) is 5.03. The normalized spacial score (nSPS) is 16.4. The number of hydrogen-bond acceptors (Lipinski definition) is 5. The molecule has 1 amide bonds. The summed E-state index contributed by atoms with van der Waals surface area (Å²) in [4.78, 5) is 22.7.